The van der Waals surface area contributed by atoms with Gasteiger partial charge in [0.25, 0.3) is 0 Å². The van der Waals surface area contributed by atoms with Crippen LogP contribution in [0, 0.1) is 23.7 Å². The first-order valence-corrected chi connectivity index (χ1v) is 20.4. The Hall–Kier alpha value is -6.16. The molecule has 0 spiro atoms. The molecule has 9 heteroatoms. The van der Waals surface area contributed by atoms with Gasteiger partial charge in [0.15, 0.2) is 11.5 Å². The van der Waals surface area contributed by atoms with E-state index in [2.05, 4.69) is 37.5 Å². The number of ether oxygens (including phenoxy) is 6. The summed E-state index contributed by atoms with van der Waals surface area (Å²) in [5.74, 6) is 15.3. The number of unbranched alkanes of at least 4 members (excludes halogenated alkanes) is 6. The number of thiophene rings is 1. The number of hydrogen-bond donors (Lipinski definition) is 0. The molecule has 1 aliphatic heterocycles. The molecule has 0 saturated carbocycles. The second kappa shape index (κ2) is 21.2. The van der Waals surface area contributed by atoms with Crippen molar-refractivity contribution < 1.29 is 38.0 Å². The lowest BCUT2D eigenvalue weighted by molar-refractivity contribution is 0.0725. The first kappa shape index (κ1) is 40.5. The summed E-state index contributed by atoms with van der Waals surface area (Å²) in [5, 5.41) is 0. The molecule has 6 rings (SSSR count). The quantitative estimate of drug-likeness (QED) is 0.0423. The van der Waals surface area contributed by atoms with Gasteiger partial charge in [0, 0.05) is 11.1 Å². The highest BCUT2D eigenvalue weighted by Crippen LogP contribution is 2.43. The largest absolute Gasteiger partial charge is 0.494 e. The topological polar surface area (TPSA) is 89.5 Å². The first-order valence-electron chi connectivity index (χ1n) is 19.6. The molecule has 5 aromatic rings. The molecule has 57 heavy (non-hydrogen) atoms. The molecule has 292 valence electrons. The van der Waals surface area contributed by atoms with Crippen LogP contribution in [-0.4, -0.2) is 38.4 Å². The molecule has 0 aliphatic carbocycles. The van der Waals surface area contributed by atoms with Crippen molar-refractivity contribution in [1.29, 1.82) is 0 Å². The van der Waals surface area contributed by atoms with Gasteiger partial charge in [-0.2, -0.15) is 0 Å². The van der Waals surface area contributed by atoms with Gasteiger partial charge in [-0.3, -0.25) is 0 Å². The van der Waals surface area contributed by atoms with E-state index < -0.39 is 11.9 Å². The summed E-state index contributed by atoms with van der Waals surface area (Å²) >= 11 is 1.39. The minimum atomic E-state index is -0.449. The van der Waals surface area contributed by atoms with E-state index in [9.17, 15) is 9.59 Å². The molecule has 0 bridgehead atoms. The average molecular weight is 783 g/mol. The van der Waals surface area contributed by atoms with E-state index in [4.69, 9.17) is 28.4 Å². The molecule has 0 radical (unpaired) electrons. The standard InChI is InChI=1S/C48H46O8S/c1-3-5-7-9-31-51-39-25-17-37(18-26-39)47(49)55-41-21-11-35(12-22-41)15-29-43-45-46(54-34-33-53-45)44(57-43)30-16-36-13-23-42(24-14-36)56-48(50)38-19-27-40(28-20-38)52-32-10-8-6-4-2/h11-14,17-28H,3-10,31-34H2,1-2H3. The number of esters is 2. The molecule has 0 saturated heterocycles. The van der Waals surface area contributed by atoms with Crippen LogP contribution in [0.25, 0.3) is 0 Å². The molecule has 8 nitrogen and oxygen atoms in total. The van der Waals surface area contributed by atoms with Crippen molar-refractivity contribution in [2.24, 2.45) is 0 Å². The Labute approximate surface area is 339 Å². The van der Waals surface area contributed by atoms with E-state index in [1.807, 2.05) is 0 Å². The Morgan fingerprint density at radius 1 is 0.509 bits per heavy atom. The minimum absolute atomic E-state index is 0.414. The van der Waals surface area contributed by atoms with Gasteiger partial charge in [-0.05, 0) is 122 Å². The summed E-state index contributed by atoms with van der Waals surface area (Å²) in [5.41, 5.74) is 2.36. The maximum Gasteiger partial charge on any atom is 0.343 e. The van der Waals surface area contributed by atoms with Crippen LogP contribution in [0.2, 0.25) is 0 Å². The van der Waals surface area contributed by atoms with Gasteiger partial charge in [-0.25, -0.2) is 9.59 Å². The van der Waals surface area contributed by atoms with Crippen LogP contribution in [0.5, 0.6) is 34.5 Å². The second-order valence-corrected chi connectivity index (χ2v) is 14.3. The molecule has 1 aromatic heterocycles. The van der Waals surface area contributed by atoms with Crippen molar-refractivity contribution in [1.82, 2.24) is 0 Å². The third-order valence-corrected chi connectivity index (χ3v) is 9.87. The lowest BCUT2D eigenvalue weighted by Gasteiger charge is -2.15. The van der Waals surface area contributed by atoms with Crippen LogP contribution in [0.1, 0.15) is 107 Å². The highest BCUT2D eigenvalue weighted by Gasteiger charge is 2.23. The molecule has 0 unspecified atom stereocenters. The fourth-order valence-electron chi connectivity index (χ4n) is 5.73. The lowest BCUT2D eigenvalue weighted by Crippen LogP contribution is -2.15. The van der Waals surface area contributed by atoms with Gasteiger partial charge < -0.3 is 28.4 Å². The fraction of sp³-hybridized carbons (Fsp3) is 0.292. The van der Waals surface area contributed by atoms with Crippen LogP contribution < -0.4 is 28.4 Å². The van der Waals surface area contributed by atoms with E-state index in [0.29, 0.717) is 70.3 Å². The van der Waals surface area contributed by atoms with Gasteiger partial charge in [0.05, 0.1) is 24.3 Å². The molecule has 2 heterocycles. The van der Waals surface area contributed by atoms with E-state index in [0.717, 1.165) is 48.3 Å². The zero-order valence-corrected chi connectivity index (χ0v) is 33.2. The zero-order valence-electron chi connectivity index (χ0n) is 32.4. The van der Waals surface area contributed by atoms with Crippen LogP contribution in [0.3, 0.4) is 0 Å². The van der Waals surface area contributed by atoms with Crippen LogP contribution in [0.15, 0.2) is 97.1 Å². The van der Waals surface area contributed by atoms with Crippen LogP contribution in [-0.2, 0) is 0 Å². The van der Waals surface area contributed by atoms with Crippen LogP contribution >= 0.6 is 11.3 Å². The number of carbonyl (C=O) groups excluding carboxylic acids is 2. The smallest absolute Gasteiger partial charge is 0.343 e. The molecule has 0 amide bonds. The van der Waals surface area contributed by atoms with Crippen molar-refractivity contribution in [2.45, 2.75) is 65.2 Å². The predicted molar refractivity (Wildman–Crippen MR) is 222 cm³/mol. The molecular formula is C48H46O8S. The van der Waals surface area contributed by atoms with E-state index in [1.54, 1.807) is 97.1 Å². The third kappa shape index (κ3) is 12.2. The molecule has 1 aliphatic rings. The second-order valence-electron chi connectivity index (χ2n) is 13.3. The Morgan fingerprint density at radius 2 is 0.895 bits per heavy atom. The van der Waals surface area contributed by atoms with Crippen molar-refractivity contribution in [3.05, 3.63) is 129 Å². The van der Waals surface area contributed by atoms with Gasteiger partial charge in [0.2, 0.25) is 0 Å². The predicted octanol–water partition coefficient (Wildman–Crippen LogP) is 10.7. The third-order valence-electron chi connectivity index (χ3n) is 8.88. The monoisotopic (exact) mass is 782 g/mol. The maximum atomic E-state index is 12.7. The summed E-state index contributed by atoms with van der Waals surface area (Å²) in [4.78, 5) is 26.9. The van der Waals surface area contributed by atoms with E-state index in [-0.39, 0.29) is 0 Å². The van der Waals surface area contributed by atoms with Crippen molar-refractivity contribution in [3.8, 4) is 58.2 Å². The van der Waals surface area contributed by atoms with Gasteiger partial charge in [-0.15, -0.1) is 11.3 Å². The highest BCUT2D eigenvalue weighted by atomic mass is 32.1. The number of benzene rings is 4. The van der Waals surface area contributed by atoms with Crippen molar-refractivity contribution in [2.75, 3.05) is 26.4 Å². The Kier molecular flexibility index (Phi) is 15.1. The Morgan fingerprint density at radius 3 is 1.28 bits per heavy atom. The van der Waals surface area contributed by atoms with Gasteiger partial charge >= 0.3 is 11.9 Å². The van der Waals surface area contributed by atoms with Crippen molar-refractivity contribution >= 4 is 23.3 Å². The molecule has 0 fully saturated rings. The summed E-state index contributed by atoms with van der Waals surface area (Å²) in [7, 11) is 0. The number of carbonyl (C=O) groups is 2. The van der Waals surface area contributed by atoms with Gasteiger partial charge in [0.1, 0.15) is 46.0 Å². The normalized spacial score (nSPS) is 11.3. The fourth-order valence-corrected chi connectivity index (χ4v) is 6.63. The van der Waals surface area contributed by atoms with E-state index in [1.165, 1.54) is 37.0 Å². The summed E-state index contributed by atoms with van der Waals surface area (Å²) in [6, 6.07) is 28.0. The molecular weight excluding hydrogens is 737 g/mol. The minimum Gasteiger partial charge on any atom is -0.494 e. The Bertz CT molecular complexity index is 2040. The summed E-state index contributed by atoms with van der Waals surface area (Å²) in [6.45, 7) is 6.51. The number of rotatable bonds is 16. The van der Waals surface area contributed by atoms with E-state index >= 15 is 0 Å². The molecule has 0 N–H and O–H groups in total. The maximum absolute atomic E-state index is 12.7. The lowest BCUT2D eigenvalue weighted by atomic mass is 10.2. The first-order chi connectivity index (χ1) is 28.0. The number of fused-ring (bicyclic) bond motifs is 1. The van der Waals surface area contributed by atoms with Gasteiger partial charge in [-0.1, -0.05) is 64.2 Å². The zero-order chi connectivity index (χ0) is 39.7. The SMILES string of the molecule is CCCCCCOc1ccc(C(=O)Oc2ccc(C#Cc3sc(C#Cc4ccc(OC(=O)c5ccc(OCCCCCC)cc5)cc4)c4c3OCCO4)cc2)cc1. The average Bonchev–Trinajstić information content (AvgIpc) is 3.60. The molecule has 4 aromatic carbocycles. The summed E-state index contributed by atoms with van der Waals surface area (Å²) in [6.07, 6.45) is 9.09. The van der Waals surface area contributed by atoms with Crippen LogP contribution in [0.4, 0.5) is 0 Å². The highest BCUT2D eigenvalue weighted by molar-refractivity contribution is 7.13. The Balaban J connectivity index is 1.02. The number of hydrogen-bond acceptors (Lipinski definition) is 9. The molecule has 0 atom stereocenters. The van der Waals surface area contributed by atoms with Crippen molar-refractivity contribution in [3.63, 3.8) is 0 Å². The summed E-state index contributed by atoms with van der Waals surface area (Å²) < 4.78 is 34.6.